The molecule has 1 aromatic rings. The van der Waals surface area contributed by atoms with E-state index in [9.17, 15) is 9.59 Å². The molecule has 1 N–H and O–H groups in total. The lowest BCUT2D eigenvalue weighted by Gasteiger charge is -2.18. The number of hydrogen-bond acceptors (Lipinski definition) is 5. The summed E-state index contributed by atoms with van der Waals surface area (Å²) in [6.07, 6.45) is 0. The van der Waals surface area contributed by atoms with E-state index in [0.29, 0.717) is 13.2 Å². The van der Waals surface area contributed by atoms with Gasteiger partial charge in [-0.3, -0.25) is 9.59 Å². The van der Waals surface area contributed by atoms with E-state index >= 15 is 0 Å². The van der Waals surface area contributed by atoms with Gasteiger partial charge in [0, 0.05) is 6.54 Å². The molecule has 0 radical (unpaired) electrons. The van der Waals surface area contributed by atoms with Crippen LogP contribution in [0.25, 0.3) is 0 Å². The standard InChI is InChI=1S/C15H21NO4/c1-4-20-14(17)11(2)16-10-13(15(18)19-3)12-8-6-5-7-9-12/h5-9,11,13,16H,4,10H2,1-3H3. The fourth-order valence-corrected chi connectivity index (χ4v) is 1.81. The fourth-order valence-electron chi connectivity index (χ4n) is 1.81. The van der Waals surface area contributed by atoms with Gasteiger partial charge in [0.1, 0.15) is 6.04 Å². The molecule has 0 heterocycles. The Labute approximate surface area is 119 Å². The average molecular weight is 279 g/mol. The second-order valence-electron chi connectivity index (χ2n) is 4.37. The third-order valence-electron chi connectivity index (χ3n) is 2.96. The zero-order valence-corrected chi connectivity index (χ0v) is 12.1. The van der Waals surface area contributed by atoms with Crippen LogP contribution in [0.5, 0.6) is 0 Å². The van der Waals surface area contributed by atoms with Gasteiger partial charge in [0.25, 0.3) is 0 Å². The molecule has 0 amide bonds. The normalized spacial score (nSPS) is 13.3. The van der Waals surface area contributed by atoms with E-state index in [4.69, 9.17) is 9.47 Å². The molecule has 2 unspecified atom stereocenters. The van der Waals surface area contributed by atoms with Crippen LogP contribution in [0.4, 0.5) is 0 Å². The van der Waals surface area contributed by atoms with Gasteiger partial charge in [-0.05, 0) is 19.4 Å². The van der Waals surface area contributed by atoms with Crippen molar-refractivity contribution in [3.63, 3.8) is 0 Å². The Kier molecular flexibility index (Phi) is 6.73. The van der Waals surface area contributed by atoms with Crippen LogP contribution in [-0.2, 0) is 19.1 Å². The van der Waals surface area contributed by atoms with Crippen molar-refractivity contribution < 1.29 is 19.1 Å². The summed E-state index contributed by atoms with van der Waals surface area (Å²) in [5, 5.41) is 3.01. The van der Waals surface area contributed by atoms with E-state index in [1.54, 1.807) is 13.8 Å². The van der Waals surface area contributed by atoms with Crippen LogP contribution in [0.1, 0.15) is 25.3 Å². The molecule has 20 heavy (non-hydrogen) atoms. The first-order chi connectivity index (χ1) is 9.60. The Bertz CT molecular complexity index is 433. The van der Waals surface area contributed by atoms with Gasteiger partial charge in [-0.25, -0.2) is 0 Å². The molecular weight excluding hydrogens is 258 g/mol. The van der Waals surface area contributed by atoms with Gasteiger partial charge in [-0.15, -0.1) is 0 Å². The summed E-state index contributed by atoms with van der Waals surface area (Å²) < 4.78 is 9.72. The van der Waals surface area contributed by atoms with Crippen LogP contribution in [0, 0.1) is 0 Å². The topological polar surface area (TPSA) is 64.6 Å². The highest BCUT2D eigenvalue weighted by Crippen LogP contribution is 2.16. The van der Waals surface area contributed by atoms with Crippen LogP contribution < -0.4 is 5.32 Å². The Morgan fingerprint density at radius 2 is 1.85 bits per heavy atom. The zero-order chi connectivity index (χ0) is 15.0. The van der Waals surface area contributed by atoms with Gasteiger partial charge in [0.05, 0.1) is 19.6 Å². The summed E-state index contributed by atoms with van der Waals surface area (Å²) in [7, 11) is 1.35. The van der Waals surface area contributed by atoms with E-state index in [2.05, 4.69) is 5.32 Å². The number of benzene rings is 1. The largest absolute Gasteiger partial charge is 0.469 e. The molecular formula is C15H21NO4. The third kappa shape index (κ3) is 4.66. The Balaban J connectivity index is 2.68. The maximum Gasteiger partial charge on any atom is 0.322 e. The third-order valence-corrected chi connectivity index (χ3v) is 2.96. The van der Waals surface area contributed by atoms with Crippen molar-refractivity contribution >= 4 is 11.9 Å². The van der Waals surface area contributed by atoms with Gasteiger partial charge < -0.3 is 14.8 Å². The molecule has 5 nitrogen and oxygen atoms in total. The van der Waals surface area contributed by atoms with Crippen LogP contribution >= 0.6 is 0 Å². The van der Waals surface area contributed by atoms with E-state index in [1.165, 1.54) is 7.11 Å². The van der Waals surface area contributed by atoms with Gasteiger partial charge in [0.2, 0.25) is 0 Å². The Morgan fingerprint density at radius 3 is 2.40 bits per heavy atom. The minimum atomic E-state index is -0.467. The van der Waals surface area contributed by atoms with Crippen molar-refractivity contribution in [2.75, 3.05) is 20.3 Å². The minimum absolute atomic E-state index is 0.316. The number of esters is 2. The number of methoxy groups -OCH3 is 1. The van der Waals surface area contributed by atoms with Crippen LogP contribution in [0.3, 0.4) is 0 Å². The highest BCUT2D eigenvalue weighted by molar-refractivity contribution is 5.79. The number of nitrogens with one attached hydrogen (secondary N) is 1. The van der Waals surface area contributed by atoms with Crippen molar-refractivity contribution in [2.24, 2.45) is 0 Å². The van der Waals surface area contributed by atoms with Gasteiger partial charge in [0.15, 0.2) is 0 Å². The molecule has 0 saturated heterocycles. The van der Waals surface area contributed by atoms with Crippen molar-refractivity contribution in [1.29, 1.82) is 0 Å². The monoisotopic (exact) mass is 279 g/mol. The van der Waals surface area contributed by atoms with E-state index in [1.807, 2.05) is 30.3 Å². The SMILES string of the molecule is CCOC(=O)C(C)NCC(C(=O)OC)c1ccccc1. The molecule has 0 aliphatic rings. The molecule has 0 bridgehead atoms. The first-order valence-electron chi connectivity index (χ1n) is 6.63. The molecule has 1 aromatic carbocycles. The van der Waals surface area contributed by atoms with E-state index in [0.717, 1.165) is 5.56 Å². The predicted molar refractivity (Wildman–Crippen MR) is 75.3 cm³/mol. The summed E-state index contributed by atoms with van der Waals surface area (Å²) in [5.74, 6) is -1.11. The van der Waals surface area contributed by atoms with Gasteiger partial charge >= 0.3 is 11.9 Å². The molecule has 0 aliphatic heterocycles. The number of carbonyl (C=O) groups is 2. The van der Waals surface area contributed by atoms with Gasteiger partial charge in [-0.1, -0.05) is 30.3 Å². The Hall–Kier alpha value is -1.88. The maximum atomic E-state index is 11.8. The molecule has 110 valence electrons. The van der Waals surface area contributed by atoms with Crippen molar-refractivity contribution in [1.82, 2.24) is 5.32 Å². The summed E-state index contributed by atoms with van der Waals surface area (Å²) in [6.45, 7) is 4.11. The second kappa shape index (κ2) is 8.32. The van der Waals surface area contributed by atoms with Crippen LogP contribution in [0.15, 0.2) is 30.3 Å². The number of carbonyl (C=O) groups excluding carboxylic acids is 2. The highest BCUT2D eigenvalue weighted by Gasteiger charge is 2.23. The zero-order valence-electron chi connectivity index (χ0n) is 12.1. The van der Waals surface area contributed by atoms with E-state index < -0.39 is 12.0 Å². The predicted octanol–water partition coefficient (Wildman–Crippen LogP) is 1.48. The molecule has 0 fully saturated rings. The first kappa shape index (κ1) is 16.2. The molecule has 2 atom stereocenters. The summed E-state index contributed by atoms with van der Waals surface area (Å²) in [5.41, 5.74) is 0.850. The summed E-state index contributed by atoms with van der Waals surface area (Å²) >= 11 is 0. The first-order valence-corrected chi connectivity index (χ1v) is 6.63. The molecule has 1 rings (SSSR count). The van der Waals surface area contributed by atoms with Crippen molar-refractivity contribution in [3.8, 4) is 0 Å². The lowest BCUT2D eigenvalue weighted by Crippen LogP contribution is -2.39. The second-order valence-corrected chi connectivity index (χ2v) is 4.37. The lowest BCUT2D eigenvalue weighted by molar-refractivity contribution is -0.146. The molecule has 5 heteroatoms. The Morgan fingerprint density at radius 1 is 1.20 bits per heavy atom. The number of rotatable bonds is 7. The lowest BCUT2D eigenvalue weighted by atomic mass is 9.99. The van der Waals surface area contributed by atoms with E-state index in [-0.39, 0.29) is 11.9 Å². The molecule has 0 saturated carbocycles. The summed E-state index contributed by atoms with van der Waals surface area (Å²) in [6, 6.07) is 8.86. The highest BCUT2D eigenvalue weighted by atomic mass is 16.5. The molecule has 0 aliphatic carbocycles. The van der Waals surface area contributed by atoms with Crippen LogP contribution in [-0.4, -0.2) is 38.2 Å². The average Bonchev–Trinajstić information content (AvgIpc) is 2.48. The fraction of sp³-hybridized carbons (Fsp3) is 0.467. The van der Waals surface area contributed by atoms with Gasteiger partial charge in [-0.2, -0.15) is 0 Å². The van der Waals surface area contributed by atoms with Crippen LogP contribution in [0.2, 0.25) is 0 Å². The minimum Gasteiger partial charge on any atom is -0.469 e. The van der Waals surface area contributed by atoms with Crippen molar-refractivity contribution in [2.45, 2.75) is 25.8 Å². The smallest absolute Gasteiger partial charge is 0.322 e. The number of hydrogen-bond donors (Lipinski definition) is 1. The maximum absolute atomic E-state index is 11.8. The molecule has 0 spiro atoms. The van der Waals surface area contributed by atoms with Crippen molar-refractivity contribution in [3.05, 3.63) is 35.9 Å². The quantitative estimate of drug-likeness (QED) is 0.766. The summed E-state index contributed by atoms with van der Waals surface area (Å²) in [4.78, 5) is 23.4. The number of ether oxygens (including phenoxy) is 2. The molecule has 0 aromatic heterocycles.